The number of hydrogen-bond donors (Lipinski definition) is 2. The second kappa shape index (κ2) is 9.50. The van der Waals surface area contributed by atoms with E-state index in [0.29, 0.717) is 23.6 Å². The number of nitrogens with zero attached hydrogens (tertiary/aromatic N) is 1. The fourth-order valence-electron chi connectivity index (χ4n) is 5.14. The van der Waals surface area contributed by atoms with Crippen molar-refractivity contribution in [1.29, 1.82) is 0 Å². The smallest absolute Gasteiger partial charge is 0.254 e. The fourth-order valence-corrected chi connectivity index (χ4v) is 6.61. The van der Waals surface area contributed by atoms with Crippen LogP contribution in [-0.2, 0) is 14.8 Å². The number of amides is 2. The van der Waals surface area contributed by atoms with E-state index in [4.69, 9.17) is 0 Å². The molecule has 2 fully saturated rings. The molecular formula is C26H33N3O4S. The third-order valence-electron chi connectivity index (χ3n) is 6.50. The van der Waals surface area contributed by atoms with Crippen LogP contribution in [0, 0.1) is 5.92 Å². The molecule has 8 heteroatoms. The van der Waals surface area contributed by atoms with E-state index in [2.05, 4.69) is 10.0 Å². The van der Waals surface area contributed by atoms with Crippen LogP contribution in [0.15, 0.2) is 59.5 Å². The Morgan fingerprint density at radius 2 is 1.68 bits per heavy atom. The lowest BCUT2D eigenvalue weighted by atomic mass is 9.84. The van der Waals surface area contributed by atoms with Gasteiger partial charge < -0.3 is 10.2 Å². The number of sulfonamides is 1. The maximum atomic E-state index is 13.4. The van der Waals surface area contributed by atoms with Gasteiger partial charge in [0.05, 0.1) is 4.90 Å². The van der Waals surface area contributed by atoms with Crippen molar-refractivity contribution < 1.29 is 18.0 Å². The topological polar surface area (TPSA) is 95.6 Å². The van der Waals surface area contributed by atoms with Gasteiger partial charge in [-0.1, -0.05) is 37.1 Å². The molecule has 0 aromatic heterocycles. The Morgan fingerprint density at radius 1 is 0.971 bits per heavy atom. The highest BCUT2D eigenvalue weighted by molar-refractivity contribution is 7.89. The highest BCUT2D eigenvalue weighted by atomic mass is 32.2. The van der Waals surface area contributed by atoms with Crippen molar-refractivity contribution in [2.45, 2.75) is 75.4 Å². The van der Waals surface area contributed by atoms with Crippen LogP contribution in [0.25, 0.3) is 0 Å². The number of hydrogen-bond acceptors (Lipinski definition) is 4. The predicted octanol–water partition coefficient (Wildman–Crippen LogP) is 4.18. The lowest BCUT2D eigenvalue weighted by molar-refractivity contribution is -0.120. The summed E-state index contributed by atoms with van der Waals surface area (Å²) in [6.07, 6.45) is 4.70. The average molecular weight is 484 g/mol. The number of anilines is 1. The quantitative estimate of drug-likeness (QED) is 0.667. The molecule has 3 atom stereocenters. The van der Waals surface area contributed by atoms with Gasteiger partial charge in [-0.25, -0.2) is 13.1 Å². The monoisotopic (exact) mass is 483 g/mol. The summed E-state index contributed by atoms with van der Waals surface area (Å²) in [4.78, 5) is 28.7. The summed E-state index contributed by atoms with van der Waals surface area (Å²) in [6, 6.07) is 14.8. The SMILES string of the molecule is CC(C)(C)NS(=O)(=O)c1cccc(NC(=O)C2CC3CCCCC3N2C(=O)c2ccccc2)c1. The molecule has 2 aliphatic rings. The zero-order valence-corrected chi connectivity index (χ0v) is 20.8. The number of carbonyl (C=O) groups excluding carboxylic acids is 2. The molecule has 1 aliphatic heterocycles. The number of fused-ring (bicyclic) bond motifs is 1. The van der Waals surface area contributed by atoms with E-state index in [0.717, 1.165) is 25.7 Å². The van der Waals surface area contributed by atoms with E-state index in [1.54, 1.807) is 49.9 Å². The predicted molar refractivity (Wildman–Crippen MR) is 132 cm³/mol. The van der Waals surface area contributed by atoms with Gasteiger partial charge in [0, 0.05) is 22.8 Å². The number of rotatable bonds is 5. The summed E-state index contributed by atoms with van der Waals surface area (Å²) in [6.45, 7) is 5.32. The van der Waals surface area contributed by atoms with Crippen LogP contribution in [0.2, 0.25) is 0 Å². The van der Waals surface area contributed by atoms with Crippen molar-refractivity contribution in [1.82, 2.24) is 9.62 Å². The van der Waals surface area contributed by atoms with Crippen molar-refractivity contribution in [3.63, 3.8) is 0 Å². The van der Waals surface area contributed by atoms with E-state index < -0.39 is 21.6 Å². The van der Waals surface area contributed by atoms with Gasteiger partial charge in [0.25, 0.3) is 5.91 Å². The van der Waals surface area contributed by atoms with Gasteiger partial charge >= 0.3 is 0 Å². The molecule has 2 N–H and O–H groups in total. The Hall–Kier alpha value is -2.71. The molecule has 3 unspecified atom stereocenters. The van der Waals surface area contributed by atoms with E-state index in [1.807, 2.05) is 18.2 Å². The standard InChI is InChI=1S/C26H33N3O4S/c1-26(2,3)28-34(32,33)21-14-9-13-20(17-21)27-24(30)23-16-19-12-7-8-15-22(19)29(23)25(31)18-10-5-4-6-11-18/h4-6,9-11,13-14,17,19,22-23,28H,7-8,12,15-16H2,1-3H3,(H,27,30). The summed E-state index contributed by atoms with van der Waals surface area (Å²) in [5.41, 5.74) is 0.341. The van der Waals surface area contributed by atoms with Crippen LogP contribution in [0.3, 0.4) is 0 Å². The van der Waals surface area contributed by atoms with Gasteiger partial charge in [-0.05, 0) is 76.3 Å². The molecule has 1 saturated heterocycles. The van der Waals surface area contributed by atoms with E-state index in [9.17, 15) is 18.0 Å². The highest BCUT2D eigenvalue weighted by Crippen LogP contribution is 2.41. The van der Waals surface area contributed by atoms with E-state index >= 15 is 0 Å². The van der Waals surface area contributed by atoms with Crippen molar-refractivity contribution in [2.75, 3.05) is 5.32 Å². The van der Waals surface area contributed by atoms with Crippen molar-refractivity contribution >= 4 is 27.5 Å². The van der Waals surface area contributed by atoms with Crippen LogP contribution in [-0.4, -0.2) is 42.8 Å². The van der Waals surface area contributed by atoms with Crippen LogP contribution in [0.4, 0.5) is 5.69 Å². The van der Waals surface area contributed by atoms with Crippen LogP contribution in [0.5, 0.6) is 0 Å². The zero-order valence-electron chi connectivity index (χ0n) is 20.0. The van der Waals surface area contributed by atoms with Crippen molar-refractivity contribution in [2.24, 2.45) is 5.92 Å². The summed E-state index contributed by atoms with van der Waals surface area (Å²) in [5, 5.41) is 2.88. The molecule has 1 heterocycles. The van der Waals surface area contributed by atoms with E-state index in [1.165, 1.54) is 12.1 Å². The first-order chi connectivity index (χ1) is 16.0. The van der Waals surface area contributed by atoms with E-state index in [-0.39, 0.29) is 22.8 Å². The Morgan fingerprint density at radius 3 is 2.38 bits per heavy atom. The van der Waals surface area contributed by atoms with Gasteiger partial charge in [-0.3, -0.25) is 9.59 Å². The Kier molecular flexibility index (Phi) is 6.82. The highest BCUT2D eigenvalue weighted by Gasteiger charge is 2.47. The lowest BCUT2D eigenvalue weighted by Crippen LogP contribution is -2.47. The minimum absolute atomic E-state index is 0.0555. The third-order valence-corrected chi connectivity index (χ3v) is 8.25. The number of carbonyl (C=O) groups is 2. The fraction of sp³-hybridized carbons (Fsp3) is 0.462. The molecule has 182 valence electrons. The minimum Gasteiger partial charge on any atom is -0.324 e. The molecule has 0 bridgehead atoms. The molecule has 2 amide bonds. The van der Waals surface area contributed by atoms with Crippen molar-refractivity contribution in [3.8, 4) is 0 Å². The largest absolute Gasteiger partial charge is 0.324 e. The summed E-state index contributed by atoms with van der Waals surface area (Å²) >= 11 is 0. The Labute approximate surface area is 202 Å². The molecule has 1 aliphatic carbocycles. The summed E-state index contributed by atoms with van der Waals surface area (Å²) < 4.78 is 28.1. The molecule has 1 saturated carbocycles. The van der Waals surface area contributed by atoms with Gasteiger partial charge in [-0.15, -0.1) is 0 Å². The molecule has 4 rings (SSSR count). The molecular weight excluding hydrogens is 450 g/mol. The second-order valence-corrected chi connectivity index (χ2v) is 12.0. The third kappa shape index (κ3) is 5.33. The first kappa shape index (κ1) is 24.4. The molecule has 7 nitrogen and oxygen atoms in total. The van der Waals surface area contributed by atoms with Crippen LogP contribution in [0.1, 0.15) is 63.2 Å². The Balaban J connectivity index is 1.57. The molecule has 0 radical (unpaired) electrons. The zero-order chi connectivity index (χ0) is 24.5. The molecule has 2 aromatic rings. The van der Waals surface area contributed by atoms with Gasteiger partial charge in [0.1, 0.15) is 6.04 Å². The minimum atomic E-state index is -3.74. The molecule has 2 aromatic carbocycles. The van der Waals surface area contributed by atoms with Gasteiger partial charge in [-0.2, -0.15) is 0 Å². The molecule has 34 heavy (non-hydrogen) atoms. The second-order valence-electron chi connectivity index (χ2n) is 10.3. The molecule has 0 spiro atoms. The van der Waals surface area contributed by atoms with Gasteiger partial charge in [0.15, 0.2) is 0 Å². The number of likely N-dealkylation sites (tertiary alicyclic amines) is 1. The van der Waals surface area contributed by atoms with Crippen LogP contribution >= 0.6 is 0 Å². The van der Waals surface area contributed by atoms with Crippen molar-refractivity contribution in [3.05, 3.63) is 60.2 Å². The lowest BCUT2D eigenvalue weighted by Gasteiger charge is -2.33. The Bertz CT molecular complexity index is 1160. The summed E-state index contributed by atoms with van der Waals surface area (Å²) in [5.74, 6) is -0.0993. The average Bonchev–Trinajstić information content (AvgIpc) is 3.17. The first-order valence-corrected chi connectivity index (χ1v) is 13.4. The maximum Gasteiger partial charge on any atom is 0.254 e. The normalized spacial score (nSPS) is 22.8. The van der Waals surface area contributed by atoms with Crippen LogP contribution < -0.4 is 10.0 Å². The summed E-state index contributed by atoms with van der Waals surface area (Å²) in [7, 11) is -3.74. The van der Waals surface area contributed by atoms with Gasteiger partial charge in [0.2, 0.25) is 15.9 Å². The number of nitrogens with one attached hydrogen (secondary N) is 2. The first-order valence-electron chi connectivity index (χ1n) is 11.9. The maximum absolute atomic E-state index is 13.4. The number of benzene rings is 2.